The summed E-state index contributed by atoms with van der Waals surface area (Å²) >= 11 is 0. The van der Waals surface area contributed by atoms with Gasteiger partial charge in [0.25, 0.3) is 0 Å². The van der Waals surface area contributed by atoms with E-state index in [9.17, 15) is 43.2 Å². The molecule has 0 bridgehead atoms. The highest BCUT2D eigenvalue weighted by molar-refractivity contribution is 7.47. The molecule has 0 aromatic carbocycles. The predicted molar refractivity (Wildman–Crippen MR) is 405 cm³/mol. The number of rotatable bonds is 78. The van der Waals surface area contributed by atoms with Crippen molar-refractivity contribution in [3.05, 3.63) is 0 Å². The summed E-state index contributed by atoms with van der Waals surface area (Å²) in [6.07, 6.45) is 58.0. The number of carbonyl (C=O) groups is 4. The number of aliphatic hydroxyl groups excluding tert-OH is 1. The van der Waals surface area contributed by atoms with Gasteiger partial charge in [0.1, 0.15) is 19.3 Å². The first-order valence-electron chi connectivity index (χ1n) is 41.4. The van der Waals surface area contributed by atoms with Gasteiger partial charge < -0.3 is 33.8 Å². The Labute approximate surface area is 607 Å². The number of unbranched alkanes of at least 4 members (excludes halogenated alkanes) is 44. The zero-order valence-electron chi connectivity index (χ0n) is 65.0. The standard InChI is InChI=1S/C80H156O17P2/c1-8-11-12-13-14-15-16-24-33-40-47-54-61-77(82)90-67-76(97-80(85)64-57-50-43-36-29-27-32-39-46-53-60-73(7)10-3)70-95-99(88,89)93-66-74(81)65-92-98(86,87)94-69-75(68-91-78(83)62-55-48-41-34-28-26-31-38-45-52-59-72(6)9-2)96-79(84)63-56-49-42-35-25-22-20-18-17-19-21-23-30-37-44-51-58-71(4)5/h71-76,81H,8-70H2,1-7H3,(H,86,87)(H,88,89)/t72?,73?,74-,75-,76-/m1/s1. The molecule has 17 nitrogen and oxygen atoms in total. The van der Waals surface area contributed by atoms with Gasteiger partial charge >= 0.3 is 39.5 Å². The second-order valence-electron chi connectivity index (χ2n) is 29.8. The number of hydrogen-bond acceptors (Lipinski definition) is 15. The molecule has 0 radical (unpaired) electrons. The molecule has 19 heteroatoms. The first-order valence-corrected chi connectivity index (χ1v) is 44.4. The van der Waals surface area contributed by atoms with E-state index in [1.165, 1.54) is 225 Å². The van der Waals surface area contributed by atoms with Crippen molar-refractivity contribution in [1.82, 2.24) is 0 Å². The third-order valence-electron chi connectivity index (χ3n) is 19.4. The van der Waals surface area contributed by atoms with Crippen molar-refractivity contribution in [3.63, 3.8) is 0 Å². The fourth-order valence-electron chi connectivity index (χ4n) is 12.2. The van der Waals surface area contributed by atoms with Crippen LogP contribution in [0.4, 0.5) is 0 Å². The molecule has 0 heterocycles. The second-order valence-corrected chi connectivity index (χ2v) is 32.7. The summed E-state index contributed by atoms with van der Waals surface area (Å²) in [4.78, 5) is 73.0. The summed E-state index contributed by atoms with van der Waals surface area (Å²) < 4.78 is 68.7. The fourth-order valence-corrected chi connectivity index (χ4v) is 13.8. The number of phosphoric acid groups is 2. The third-order valence-corrected chi connectivity index (χ3v) is 21.3. The zero-order chi connectivity index (χ0) is 73.0. The van der Waals surface area contributed by atoms with Crippen LogP contribution in [0.5, 0.6) is 0 Å². The van der Waals surface area contributed by atoms with Crippen LogP contribution in [-0.2, 0) is 65.4 Å². The average Bonchev–Trinajstić information content (AvgIpc) is 1.19. The molecule has 0 aliphatic carbocycles. The Hall–Kier alpha value is -1.94. The van der Waals surface area contributed by atoms with Gasteiger partial charge in [-0.3, -0.25) is 37.3 Å². The summed E-state index contributed by atoms with van der Waals surface area (Å²) in [7, 11) is -9.92. The van der Waals surface area contributed by atoms with Crippen LogP contribution in [0.1, 0.15) is 414 Å². The van der Waals surface area contributed by atoms with Gasteiger partial charge in [0.15, 0.2) is 12.2 Å². The molecule has 99 heavy (non-hydrogen) atoms. The summed E-state index contributed by atoms with van der Waals surface area (Å²) in [6.45, 7) is 12.0. The van der Waals surface area contributed by atoms with Gasteiger partial charge in [0.05, 0.1) is 26.4 Å². The van der Waals surface area contributed by atoms with Crippen LogP contribution in [0.15, 0.2) is 0 Å². The van der Waals surface area contributed by atoms with Crippen LogP contribution in [0, 0.1) is 17.8 Å². The smallest absolute Gasteiger partial charge is 0.462 e. The summed E-state index contributed by atoms with van der Waals surface area (Å²) in [5.74, 6) is 0.311. The zero-order valence-corrected chi connectivity index (χ0v) is 66.8. The molecule has 0 saturated heterocycles. The van der Waals surface area contributed by atoms with E-state index in [4.69, 9.17) is 37.0 Å². The molecule has 0 amide bonds. The van der Waals surface area contributed by atoms with Crippen molar-refractivity contribution < 1.29 is 80.2 Å². The maximum absolute atomic E-state index is 13.1. The van der Waals surface area contributed by atoms with Crippen molar-refractivity contribution in [2.45, 2.75) is 433 Å². The van der Waals surface area contributed by atoms with Crippen LogP contribution in [0.2, 0.25) is 0 Å². The lowest BCUT2D eigenvalue weighted by Crippen LogP contribution is -2.30. The number of esters is 4. The van der Waals surface area contributed by atoms with Crippen LogP contribution in [0.3, 0.4) is 0 Å². The topological polar surface area (TPSA) is 237 Å². The van der Waals surface area contributed by atoms with Gasteiger partial charge in [0, 0.05) is 25.7 Å². The van der Waals surface area contributed by atoms with Crippen molar-refractivity contribution >= 4 is 39.5 Å². The van der Waals surface area contributed by atoms with E-state index in [1.54, 1.807) is 0 Å². The van der Waals surface area contributed by atoms with Crippen LogP contribution in [0.25, 0.3) is 0 Å². The Morgan fingerprint density at radius 3 is 0.768 bits per heavy atom. The van der Waals surface area contributed by atoms with Crippen molar-refractivity contribution in [2.24, 2.45) is 17.8 Å². The molecule has 0 aliphatic rings. The lowest BCUT2D eigenvalue weighted by Gasteiger charge is -2.21. The van der Waals surface area contributed by atoms with E-state index in [0.717, 1.165) is 108 Å². The number of phosphoric ester groups is 2. The molecule has 0 aliphatic heterocycles. The van der Waals surface area contributed by atoms with Crippen LogP contribution < -0.4 is 0 Å². The predicted octanol–water partition coefficient (Wildman–Crippen LogP) is 23.7. The molecular weight excluding hydrogens is 1290 g/mol. The molecule has 0 aromatic rings. The minimum absolute atomic E-state index is 0.106. The first-order chi connectivity index (χ1) is 47.8. The number of hydrogen-bond donors (Lipinski definition) is 3. The molecule has 0 saturated carbocycles. The highest BCUT2D eigenvalue weighted by Gasteiger charge is 2.30. The minimum atomic E-state index is -4.96. The van der Waals surface area contributed by atoms with E-state index < -0.39 is 97.5 Å². The minimum Gasteiger partial charge on any atom is -0.462 e. The van der Waals surface area contributed by atoms with Gasteiger partial charge in [-0.05, 0) is 43.4 Å². The van der Waals surface area contributed by atoms with E-state index >= 15 is 0 Å². The Kier molecular flexibility index (Phi) is 69.0. The summed E-state index contributed by atoms with van der Waals surface area (Å²) in [5.41, 5.74) is 0. The number of aliphatic hydroxyl groups is 1. The molecule has 4 unspecified atom stereocenters. The van der Waals surface area contributed by atoms with E-state index in [2.05, 4.69) is 48.5 Å². The molecule has 588 valence electrons. The lowest BCUT2D eigenvalue weighted by atomic mass is 9.99. The van der Waals surface area contributed by atoms with Gasteiger partial charge in [-0.1, -0.05) is 363 Å². The Balaban J connectivity index is 5.26. The van der Waals surface area contributed by atoms with Gasteiger partial charge in [0.2, 0.25) is 0 Å². The largest absolute Gasteiger partial charge is 0.472 e. The van der Waals surface area contributed by atoms with Crippen molar-refractivity contribution in [3.8, 4) is 0 Å². The quantitative estimate of drug-likeness (QED) is 0.0222. The van der Waals surface area contributed by atoms with E-state index in [1.807, 2.05) is 0 Å². The lowest BCUT2D eigenvalue weighted by molar-refractivity contribution is -0.161. The van der Waals surface area contributed by atoms with E-state index in [0.29, 0.717) is 25.7 Å². The summed E-state index contributed by atoms with van der Waals surface area (Å²) in [5, 5.41) is 10.6. The molecule has 0 fully saturated rings. The van der Waals surface area contributed by atoms with Gasteiger partial charge in [-0.15, -0.1) is 0 Å². The first kappa shape index (κ1) is 97.1. The highest BCUT2D eigenvalue weighted by atomic mass is 31.2. The average molecular weight is 1450 g/mol. The van der Waals surface area contributed by atoms with Crippen LogP contribution in [-0.4, -0.2) is 96.7 Å². The maximum atomic E-state index is 13.1. The SMILES string of the molecule is CCCCCCCCCCCCCCC(=O)OC[C@H](COP(=O)(O)OC[C@H](O)COP(=O)(O)OC[C@@H](COC(=O)CCCCCCCCCCCCC(C)CC)OC(=O)CCCCCCCCCCCCCCCCCCC(C)C)OC(=O)CCCCCCCCCCCCC(C)CC. The van der Waals surface area contributed by atoms with E-state index in [-0.39, 0.29) is 25.7 Å². The Morgan fingerprint density at radius 2 is 0.515 bits per heavy atom. The summed E-state index contributed by atoms with van der Waals surface area (Å²) in [6, 6.07) is 0. The Bertz CT molecular complexity index is 1930. The highest BCUT2D eigenvalue weighted by Crippen LogP contribution is 2.45. The molecule has 0 rings (SSSR count). The molecule has 0 spiro atoms. The monoisotopic (exact) mass is 1450 g/mol. The molecule has 3 N–H and O–H groups in total. The van der Waals surface area contributed by atoms with Crippen LogP contribution >= 0.6 is 15.6 Å². The van der Waals surface area contributed by atoms with Crippen molar-refractivity contribution in [2.75, 3.05) is 39.6 Å². The molecule has 0 aromatic heterocycles. The number of ether oxygens (including phenoxy) is 4. The second kappa shape index (κ2) is 70.4. The van der Waals surface area contributed by atoms with Gasteiger partial charge in [-0.2, -0.15) is 0 Å². The van der Waals surface area contributed by atoms with Gasteiger partial charge in [-0.25, -0.2) is 9.13 Å². The number of carbonyl (C=O) groups excluding carboxylic acids is 4. The molecule has 7 atom stereocenters. The Morgan fingerprint density at radius 1 is 0.293 bits per heavy atom. The maximum Gasteiger partial charge on any atom is 0.472 e. The fraction of sp³-hybridized carbons (Fsp3) is 0.950. The molecular formula is C80H156O17P2. The third kappa shape index (κ3) is 71.5. The van der Waals surface area contributed by atoms with Crippen molar-refractivity contribution in [1.29, 1.82) is 0 Å². The normalized spacial score (nSPS) is 14.5.